The third-order valence-electron chi connectivity index (χ3n) is 3.80. The maximum absolute atomic E-state index is 13.1. The second-order valence-electron chi connectivity index (χ2n) is 5.86. The highest BCUT2D eigenvalue weighted by atomic mass is 32.2. The zero-order chi connectivity index (χ0) is 18.9. The summed E-state index contributed by atoms with van der Waals surface area (Å²) >= 11 is 1.03. The Morgan fingerprint density at radius 2 is 1.85 bits per heavy atom. The summed E-state index contributed by atoms with van der Waals surface area (Å²) in [7, 11) is 0. The van der Waals surface area contributed by atoms with Crippen LogP contribution in [0.25, 0.3) is 6.08 Å². The number of carbonyl (C=O) groups excluding carboxylic acids is 1. The number of rotatable bonds is 2. The average molecular weight is 376 g/mol. The van der Waals surface area contributed by atoms with E-state index in [9.17, 15) is 18.0 Å². The van der Waals surface area contributed by atoms with Crippen LogP contribution < -0.4 is 5.32 Å². The number of halogens is 3. The molecule has 1 amide bonds. The number of amides is 1. The summed E-state index contributed by atoms with van der Waals surface area (Å²) in [5.74, 6) is -0.376. The molecule has 1 aliphatic heterocycles. The van der Waals surface area contributed by atoms with Crippen LogP contribution in [-0.2, 0) is 11.0 Å². The lowest BCUT2D eigenvalue weighted by molar-refractivity contribution is -0.137. The summed E-state index contributed by atoms with van der Waals surface area (Å²) in [4.78, 5) is 16.5. The molecule has 0 aliphatic carbocycles. The van der Waals surface area contributed by atoms with Crippen molar-refractivity contribution >= 4 is 34.6 Å². The average Bonchev–Trinajstić information content (AvgIpc) is 2.90. The van der Waals surface area contributed by atoms with E-state index >= 15 is 0 Å². The topological polar surface area (TPSA) is 41.5 Å². The first kappa shape index (κ1) is 18.3. The molecule has 1 heterocycles. The zero-order valence-electron chi connectivity index (χ0n) is 14.0. The molecule has 26 heavy (non-hydrogen) atoms. The van der Waals surface area contributed by atoms with E-state index in [4.69, 9.17) is 0 Å². The SMILES string of the molecule is Cc1ccc(C)c(C=C2SC(=Nc3ccccc3C(F)(F)F)NC2=O)c1. The summed E-state index contributed by atoms with van der Waals surface area (Å²) < 4.78 is 39.2. The first-order valence-corrected chi connectivity index (χ1v) is 8.59. The Hall–Kier alpha value is -2.54. The van der Waals surface area contributed by atoms with Crippen LogP contribution in [0.4, 0.5) is 18.9 Å². The van der Waals surface area contributed by atoms with Crippen LogP contribution in [0.5, 0.6) is 0 Å². The molecule has 0 aromatic heterocycles. The van der Waals surface area contributed by atoms with Gasteiger partial charge in [-0.3, -0.25) is 4.79 Å². The molecule has 0 unspecified atom stereocenters. The first-order chi connectivity index (χ1) is 12.2. The Balaban J connectivity index is 1.92. The van der Waals surface area contributed by atoms with Gasteiger partial charge in [0.15, 0.2) is 5.17 Å². The van der Waals surface area contributed by atoms with E-state index in [1.165, 1.54) is 18.2 Å². The molecule has 3 rings (SSSR count). The lowest BCUT2D eigenvalue weighted by Crippen LogP contribution is -2.19. The van der Waals surface area contributed by atoms with Crippen LogP contribution >= 0.6 is 11.8 Å². The summed E-state index contributed by atoms with van der Waals surface area (Å²) in [6, 6.07) is 10.9. The van der Waals surface area contributed by atoms with Gasteiger partial charge < -0.3 is 5.32 Å². The third kappa shape index (κ3) is 3.99. The van der Waals surface area contributed by atoms with Gasteiger partial charge in [0.2, 0.25) is 0 Å². The zero-order valence-corrected chi connectivity index (χ0v) is 14.8. The highest BCUT2D eigenvalue weighted by Crippen LogP contribution is 2.37. The molecule has 1 N–H and O–H groups in total. The van der Waals surface area contributed by atoms with Crippen molar-refractivity contribution in [3.63, 3.8) is 0 Å². The Bertz CT molecular complexity index is 933. The minimum atomic E-state index is -4.51. The first-order valence-electron chi connectivity index (χ1n) is 7.77. The van der Waals surface area contributed by atoms with Gasteiger partial charge in [-0.2, -0.15) is 13.2 Å². The quantitative estimate of drug-likeness (QED) is 0.731. The number of aryl methyl sites for hydroxylation is 2. The van der Waals surface area contributed by atoms with E-state index < -0.39 is 11.7 Å². The van der Waals surface area contributed by atoms with E-state index in [2.05, 4.69) is 10.3 Å². The van der Waals surface area contributed by atoms with E-state index in [1.807, 2.05) is 32.0 Å². The number of amidine groups is 1. The fourth-order valence-corrected chi connectivity index (χ4v) is 3.28. The van der Waals surface area contributed by atoms with Gasteiger partial charge in [0.25, 0.3) is 5.91 Å². The molecular weight excluding hydrogens is 361 g/mol. The number of nitrogens with one attached hydrogen (secondary N) is 1. The second-order valence-corrected chi connectivity index (χ2v) is 6.89. The third-order valence-corrected chi connectivity index (χ3v) is 4.71. The van der Waals surface area contributed by atoms with Crippen molar-refractivity contribution in [1.29, 1.82) is 0 Å². The van der Waals surface area contributed by atoms with Crippen LogP contribution in [0, 0.1) is 13.8 Å². The van der Waals surface area contributed by atoms with Crippen molar-refractivity contribution in [2.45, 2.75) is 20.0 Å². The number of aliphatic imine (C=N–C) groups is 1. The molecule has 0 bridgehead atoms. The van der Waals surface area contributed by atoms with E-state index in [0.717, 1.165) is 34.5 Å². The van der Waals surface area contributed by atoms with E-state index in [-0.39, 0.29) is 16.8 Å². The van der Waals surface area contributed by atoms with Gasteiger partial charge in [0, 0.05) is 0 Å². The minimum Gasteiger partial charge on any atom is -0.300 e. The van der Waals surface area contributed by atoms with Gasteiger partial charge >= 0.3 is 6.18 Å². The summed E-state index contributed by atoms with van der Waals surface area (Å²) in [5.41, 5.74) is 1.88. The number of benzene rings is 2. The lowest BCUT2D eigenvalue weighted by Gasteiger charge is -2.09. The molecule has 1 aliphatic rings. The van der Waals surface area contributed by atoms with Gasteiger partial charge in [-0.15, -0.1) is 0 Å². The predicted octanol–water partition coefficient (Wildman–Crippen LogP) is 5.21. The largest absolute Gasteiger partial charge is 0.418 e. The number of alkyl halides is 3. The Morgan fingerprint density at radius 3 is 2.58 bits per heavy atom. The number of carbonyl (C=O) groups is 1. The smallest absolute Gasteiger partial charge is 0.300 e. The molecule has 1 saturated heterocycles. The number of nitrogens with zero attached hydrogens (tertiary/aromatic N) is 1. The molecular formula is C19H15F3N2OS. The highest BCUT2D eigenvalue weighted by Gasteiger charge is 2.34. The molecule has 0 spiro atoms. The Morgan fingerprint density at radius 1 is 1.12 bits per heavy atom. The monoisotopic (exact) mass is 376 g/mol. The summed E-state index contributed by atoms with van der Waals surface area (Å²) in [5, 5.41) is 2.65. The number of thioether (sulfide) groups is 1. The highest BCUT2D eigenvalue weighted by molar-refractivity contribution is 8.18. The van der Waals surface area contributed by atoms with Crippen LogP contribution in [0.3, 0.4) is 0 Å². The molecule has 0 saturated carbocycles. The summed E-state index contributed by atoms with van der Waals surface area (Å²) in [6.45, 7) is 3.88. The second kappa shape index (κ2) is 6.99. The van der Waals surface area contributed by atoms with Crippen molar-refractivity contribution < 1.29 is 18.0 Å². The predicted molar refractivity (Wildman–Crippen MR) is 98.2 cm³/mol. The fourth-order valence-electron chi connectivity index (χ4n) is 2.46. The number of hydrogen-bond acceptors (Lipinski definition) is 3. The van der Waals surface area contributed by atoms with Gasteiger partial charge in [-0.1, -0.05) is 35.9 Å². The molecule has 7 heteroatoms. The van der Waals surface area contributed by atoms with Crippen LogP contribution in [-0.4, -0.2) is 11.1 Å². The molecule has 0 atom stereocenters. The Kier molecular flexibility index (Phi) is 4.91. The van der Waals surface area contributed by atoms with Crippen molar-refractivity contribution in [2.24, 2.45) is 4.99 Å². The normalized spacial score (nSPS) is 17.8. The molecule has 134 valence electrons. The van der Waals surface area contributed by atoms with E-state index in [0.29, 0.717) is 4.91 Å². The van der Waals surface area contributed by atoms with Crippen molar-refractivity contribution in [2.75, 3.05) is 0 Å². The molecule has 2 aromatic carbocycles. The van der Waals surface area contributed by atoms with Crippen molar-refractivity contribution in [1.82, 2.24) is 5.32 Å². The summed E-state index contributed by atoms with van der Waals surface area (Å²) in [6.07, 6.45) is -2.79. The number of hydrogen-bond donors (Lipinski definition) is 1. The van der Waals surface area contributed by atoms with Gasteiger partial charge in [-0.05, 0) is 54.9 Å². The lowest BCUT2D eigenvalue weighted by atomic mass is 10.1. The molecule has 1 fully saturated rings. The van der Waals surface area contributed by atoms with Gasteiger partial charge in [0.1, 0.15) is 0 Å². The molecule has 0 radical (unpaired) electrons. The maximum Gasteiger partial charge on any atom is 0.418 e. The van der Waals surface area contributed by atoms with Gasteiger partial charge in [0.05, 0.1) is 16.2 Å². The van der Waals surface area contributed by atoms with Gasteiger partial charge in [-0.25, -0.2) is 4.99 Å². The fraction of sp³-hybridized carbons (Fsp3) is 0.158. The van der Waals surface area contributed by atoms with E-state index in [1.54, 1.807) is 6.08 Å². The van der Waals surface area contributed by atoms with Crippen molar-refractivity contribution in [3.05, 3.63) is 69.6 Å². The van der Waals surface area contributed by atoms with Crippen LogP contribution in [0.1, 0.15) is 22.3 Å². The molecule has 3 nitrogen and oxygen atoms in total. The van der Waals surface area contributed by atoms with Crippen molar-refractivity contribution in [3.8, 4) is 0 Å². The number of para-hydroxylation sites is 1. The van der Waals surface area contributed by atoms with Crippen LogP contribution in [0.15, 0.2) is 52.4 Å². The Labute approximate surface area is 153 Å². The van der Waals surface area contributed by atoms with Crippen LogP contribution in [0.2, 0.25) is 0 Å². The standard InChI is InChI=1S/C19H15F3N2OS/c1-11-7-8-12(2)13(9-11)10-16-17(25)24-18(26-16)23-15-6-4-3-5-14(15)19(20,21)22/h3-10H,1-2H3,(H,23,24,25). The molecule has 2 aromatic rings. The minimum absolute atomic E-state index is 0.128. The maximum atomic E-state index is 13.1.